The van der Waals surface area contributed by atoms with Crippen molar-refractivity contribution in [2.75, 3.05) is 24.9 Å². The van der Waals surface area contributed by atoms with Gasteiger partial charge in [0.1, 0.15) is 0 Å². The number of anilines is 1. The predicted octanol–water partition coefficient (Wildman–Crippen LogP) is 3.77. The van der Waals surface area contributed by atoms with Crippen molar-refractivity contribution in [3.63, 3.8) is 0 Å². The van der Waals surface area contributed by atoms with Crippen molar-refractivity contribution in [1.82, 2.24) is 4.90 Å². The lowest BCUT2D eigenvalue weighted by Crippen LogP contribution is -2.33. The Labute approximate surface area is 162 Å². The van der Waals surface area contributed by atoms with E-state index in [2.05, 4.69) is 32.6 Å². The molecule has 2 aromatic carbocycles. The second-order valence-electron chi connectivity index (χ2n) is 6.58. The monoisotopic (exact) mass is 436 g/mol. The molecule has 1 aliphatic heterocycles. The number of sulfonamides is 1. The van der Waals surface area contributed by atoms with Gasteiger partial charge in [0.05, 0.1) is 4.90 Å². The lowest BCUT2D eigenvalue weighted by molar-refractivity contribution is 0.0857. The molecule has 3 rings (SSSR count). The van der Waals surface area contributed by atoms with Crippen LogP contribution in [0.25, 0.3) is 0 Å². The fraction of sp³-hybridized carbons (Fsp3) is 0.316. The number of ketones is 1. The quantitative estimate of drug-likeness (QED) is 0.724. The highest BCUT2D eigenvalue weighted by atomic mass is 79.9. The van der Waals surface area contributed by atoms with Crippen molar-refractivity contribution < 1.29 is 13.2 Å². The van der Waals surface area contributed by atoms with E-state index in [1.54, 1.807) is 36.4 Å². The van der Waals surface area contributed by atoms with Gasteiger partial charge in [0.2, 0.25) is 0 Å². The van der Waals surface area contributed by atoms with Gasteiger partial charge in [0.25, 0.3) is 10.0 Å². The minimum Gasteiger partial charge on any atom is -0.306 e. The van der Waals surface area contributed by atoms with E-state index >= 15 is 0 Å². The Bertz CT molecular complexity index is 889. The average molecular weight is 437 g/mol. The first-order chi connectivity index (χ1) is 12.3. The number of rotatable bonds is 5. The molecule has 1 heterocycles. The summed E-state index contributed by atoms with van der Waals surface area (Å²) in [6.07, 6.45) is 1.67. The molecule has 0 radical (unpaired) electrons. The van der Waals surface area contributed by atoms with Crippen LogP contribution >= 0.6 is 15.9 Å². The van der Waals surface area contributed by atoms with Crippen molar-refractivity contribution >= 4 is 37.4 Å². The third-order valence-corrected chi connectivity index (χ3v) is 6.54. The molecule has 0 amide bonds. The summed E-state index contributed by atoms with van der Waals surface area (Å²) >= 11 is 3.29. The molecule has 0 atom stereocenters. The van der Waals surface area contributed by atoms with Crippen molar-refractivity contribution in [1.29, 1.82) is 0 Å². The summed E-state index contributed by atoms with van der Waals surface area (Å²) in [5.41, 5.74) is 0.947. The highest BCUT2D eigenvalue weighted by molar-refractivity contribution is 9.10. The zero-order chi connectivity index (χ0) is 18.7. The molecule has 26 heavy (non-hydrogen) atoms. The van der Waals surface area contributed by atoms with Gasteiger partial charge in [-0.2, -0.15) is 0 Å². The van der Waals surface area contributed by atoms with Crippen LogP contribution in [0, 0.1) is 5.92 Å². The molecule has 5 nitrogen and oxygen atoms in total. The molecule has 0 aromatic heterocycles. The Balaban J connectivity index is 1.77. The summed E-state index contributed by atoms with van der Waals surface area (Å²) in [6, 6.07) is 13.1. The Kier molecular flexibility index (Phi) is 5.79. The molecule has 0 saturated carbocycles. The Morgan fingerprint density at radius 1 is 1.12 bits per heavy atom. The van der Waals surface area contributed by atoms with Crippen LogP contribution in [0.15, 0.2) is 57.9 Å². The number of nitrogens with one attached hydrogen (secondary N) is 1. The highest BCUT2D eigenvalue weighted by Gasteiger charge is 2.24. The van der Waals surface area contributed by atoms with E-state index in [0.717, 1.165) is 30.4 Å². The van der Waals surface area contributed by atoms with Crippen LogP contribution in [0.3, 0.4) is 0 Å². The Morgan fingerprint density at radius 2 is 1.77 bits per heavy atom. The SMILES string of the molecule is CN1CCC(C(=O)c2cccc(NS(=O)(=O)c3ccc(Br)cc3)c2)CC1. The van der Waals surface area contributed by atoms with Gasteiger partial charge in [0, 0.05) is 21.6 Å². The Hall–Kier alpha value is -1.70. The highest BCUT2D eigenvalue weighted by Crippen LogP contribution is 2.24. The molecule has 0 unspecified atom stereocenters. The van der Waals surface area contributed by atoms with Crippen molar-refractivity contribution in [3.05, 3.63) is 58.6 Å². The number of piperidine rings is 1. The van der Waals surface area contributed by atoms with Gasteiger partial charge < -0.3 is 4.90 Å². The molecular weight excluding hydrogens is 416 g/mol. The lowest BCUT2D eigenvalue weighted by atomic mass is 9.89. The van der Waals surface area contributed by atoms with Crippen molar-refractivity contribution in [3.8, 4) is 0 Å². The lowest BCUT2D eigenvalue weighted by Gasteiger charge is -2.28. The third-order valence-electron chi connectivity index (χ3n) is 4.61. The van der Waals surface area contributed by atoms with Crippen LogP contribution in [0.4, 0.5) is 5.69 Å². The van der Waals surface area contributed by atoms with Gasteiger partial charge in [-0.1, -0.05) is 28.1 Å². The standard InChI is InChI=1S/C19H21BrN2O3S/c1-22-11-9-14(10-12-22)19(23)15-3-2-4-17(13-15)21-26(24,25)18-7-5-16(20)6-8-18/h2-8,13-14,21H,9-12H2,1H3. The number of Topliss-reactive ketones (excluding diaryl/α,β-unsaturated/α-hetero) is 1. The first kappa shape index (κ1) is 19.1. The molecule has 1 saturated heterocycles. The number of halogens is 1. The van der Waals surface area contributed by atoms with Gasteiger partial charge in [-0.25, -0.2) is 8.42 Å². The minimum atomic E-state index is -3.69. The fourth-order valence-corrected chi connectivity index (χ4v) is 4.38. The number of benzene rings is 2. The van der Waals surface area contributed by atoms with E-state index in [1.165, 1.54) is 12.1 Å². The molecule has 0 spiro atoms. The fourth-order valence-electron chi connectivity index (χ4n) is 3.07. The zero-order valence-electron chi connectivity index (χ0n) is 14.5. The van der Waals surface area contributed by atoms with Crippen molar-refractivity contribution in [2.24, 2.45) is 5.92 Å². The smallest absolute Gasteiger partial charge is 0.261 e. The molecule has 0 aliphatic carbocycles. The van der Waals surface area contributed by atoms with E-state index < -0.39 is 10.0 Å². The molecule has 138 valence electrons. The first-order valence-corrected chi connectivity index (χ1v) is 10.7. The van der Waals surface area contributed by atoms with Crippen LogP contribution in [0.2, 0.25) is 0 Å². The average Bonchev–Trinajstić information content (AvgIpc) is 2.62. The minimum absolute atomic E-state index is 0.00420. The van der Waals surface area contributed by atoms with Crippen LogP contribution in [0.1, 0.15) is 23.2 Å². The number of carbonyl (C=O) groups is 1. The maximum absolute atomic E-state index is 12.7. The van der Waals surface area contributed by atoms with E-state index in [-0.39, 0.29) is 16.6 Å². The summed E-state index contributed by atoms with van der Waals surface area (Å²) in [5.74, 6) is 0.0901. The number of nitrogens with zero attached hydrogens (tertiary/aromatic N) is 1. The molecule has 0 bridgehead atoms. The predicted molar refractivity (Wildman–Crippen MR) is 106 cm³/mol. The third kappa shape index (κ3) is 4.52. The molecule has 2 aromatic rings. The summed E-state index contributed by atoms with van der Waals surface area (Å²) in [5, 5.41) is 0. The first-order valence-electron chi connectivity index (χ1n) is 8.46. The summed E-state index contributed by atoms with van der Waals surface area (Å²) in [6.45, 7) is 1.82. The van der Waals surface area contributed by atoms with E-state index in [9.17, 15) is 13.2 Å². The van der Waals surface area contributed by atoms with Gasteiger partial charge >= 0.3 is 0 Å². The molecule has 1 aliphatic rings. The maximum atomic E-state index is 12.7. The van der Waals surface area contributed by atoms with E-state index in [0.29, 0.717) is 11.3 Å². The number of likely N-dealkylation sites (tertiary alicyclic amines) is 1. The molecular formula is C19H21BrN2O3S. The second-order valence-corrected chi connectivity index (χ2v) is 9.18. The zero-order valence-corrected chi connectivity index (χ0v) is 16.9. The van der Waals surface area contributed by atoms with Gasteiger partial charge in [-0.05, 0) is 69.4 Å². The van der Waals surface area contributed by atoms with E-state index in [1.807, 2.05) is 0 Å². The molecule has 7 heteroatoms. The number of hydrogen-bond acceptors (Lipinski definition) is 4. The topological polar surface area (TPSA) is 66.5 Å². The Morgan fingerprint density at radius 3 is 2.42 bits per heavy atom. The summed E-state index contributed by atoms with van der Waals surface area (Å²) in [7, 11) is -1.64. The molecule has 1 N–H and O–H groups in total. The van der Waals surface area contributed by atoms with Gasteiger partial charge in [-0.15, -0.1) is 0 Å². The largest absolute Gasteiger partial charge is 0.306 e. The van der Waals surface area contributed by atoms with Gasteiger partial charge in [0.15, 0.2) is 5.78 Å². The number of hydrogen-bond donors (Lipinski definition) is 1. The number of carbonyl (C=O) groups excluding carboxylic acids is 1. The van der Waals surface area contributed by atoms with Gasteiger partial charge in [-0.3, -0.25) is 9.52 Å². The normalized spacial score (nSPS) is 16.4. The van der Waals surface area contributed by atoms with E-state index in [4.69, 9.17) is 0 Å². The van der Waals surface area contributed by atoms with Crippen LogP contribution in [-0.4, -0.2) is 39.2 Å². The van der Waals surface area contributed by atoms with Crippen molar-refractivity contribution in [2.45, 2.75) is 17.7 Å². The van der Waals surface area contributed by atoms with Crippen LogP contribution < -0.4 is 4.72 Å². The maximum Gasteiger partial charge on any atom is 0.261 e. The summed E-state index contributed by atoms with van der Waals surface area (Å²) in [4.78, 5) is 15.1. The molecule has 1 fully saturated rings. The van der Waals surface area contributed by atoms with Crippen LogP contribution in [-0.2, 0) is 10.0 Å². The van der Waals surface area contributed by atoms with Crippen LogP contribution in [0.5, 0.6) is 0 Å². The second kappa shape index (κ2) is 7.90. The summed E-state index contributed by atoms with van der Waals surface area (Å²) < 4.78 is 28.4.